The fraction of sp³-hybridized carbons (Fsp3) is 0.520. The molecule has 2 aromatic carbocycles. The first kappa shape index (κ1) is 18.2. The van der Waals surface area contributed by atoms with Crippen molar-refractivity contribution in [2.24, 2.45) is 0 Å². The molecule has 3 saturated heterocycles. The molecule has 3 heterocycles. The minimum Gasteiger partial charge on any atom is -0.369 e. The van der Waals surface area contributed by atoms with Gasteiger partial charge in [0.25, 0.3) is 0 Å². The van der Waals surface area contributed by atoms with Crippen LogP contribution in [0.2, 0.25) is 0 Å². The molecule has 0 aliphatic carbocycles. The molecule has 2 bridgehead atoms. The van der Waals surface area contributed by atoms with Crippen LogP contribution in [0.15, 0.2) is 42.5 Å². The minimum atomic E-state index is -0.0271. The zero-order valence-corrected chi connectivity index (χ0v) is 17.0. The van der Waals surface area contributed by atoms with Crippen molar-refractivity contribution in [1.29, 1.82) is 0 Å². The van der Waals surface area contributed by atoms with Crippen molar-refractivity contribution < 1.29 is 9.29 Å². The number of anilines is 1. The van der Waals surface area contributed by atoms with Gasteiger partial charge in [-0.05, 0) is 43.4 Å². The average molecular weight is 380 g/mol. The number of hydrogen-bond acceptors (Lipinski definition) is 1. The van der Waals surface area contributed by atoms with E-state index in [0.29, 0.717) is 5.92 Å². The molecule has 0 amide bonds. The van der Waals surface area contributed by atoms with E-state index in [0.717, 1.165) is 37.4 Å². The number of halogens is 1. The second-order valence-electron chi connectivity index (χ2n) is 9.28. The lowest BCUT2D eigenvalue weighted by atomic mass is 9.84. The first-order chi connectivity index (χ1) is 13.7. The van der Waals surface area contributed by atoms with Gasteiger partial charge >= 0.3 is 0 Å². The highest BCUT2D eigenvalue weighted by molar-refractivity contribution is 5.49. The van der Waals surface area contributed by atoms with Crippen molar-refractivity contribution in [3.05, 3.63) is 65.0 Å². The van der Waals surface area contributed by atoms with E-state index in [1.54, 1.807) is 4.90 Å². The predicted molar refractivity (Wildman–Crippen MR) is 112 cm³/mol. The van der Waals surface area contributed by atoms with Gasteiger partial charge in [-0.15, -0.1) is 0 Å². The Bertz CT molecular complexity index is 811. The van der Waals surface area contributed by atoms with E-state index in [2.05, 4.69) is 42.2 Å². The van der Waals surface area contributed by atoms with Gasteiger partial charge in [-0.25, -0.2) is 4.39 Å². The largest absolute Gasteiger partial charge is 0.369 e. The Morgan fingerprint density at radius 2 is 1.64 bits per heavy atom. The van der Waals surface area contributed by atoms with Crippen LogP contribution >= 0.6 is 0 Å². The number of rotatable bonds is 4. The van der Waals surface area contributed by atoms with Crippen LogP contribution in [0.3, 0.4) is 0 Å². The van der Waals surface area contributed by atoms with Gasteiger partial charge in [0, 0.05) is 44.3 Å². The topological polar surface area (TPSA) is 7.68 Å². The second-order valence-corrected chi connectivity index (χ2v) is 9.28. The summed E-state index contributed by atoms with van der Waals surface area (Å²) in [5.74, 6) is 0.678. The zero-order valence-electron chi connectivity index (χ0n) is 17.0. The highest BCUT2D eigenvalue weighted by atomic mass is 19.1. The number of hydrogen-bond donors (Lipinski definition) is 1. The summed E-state index contributed by atoms with van der Waals surface area (Å²) in [5, 5.41) is 0. The van der Waals surface area contributed by atoms with Crippen molar-refractivity contribution in [1.82, 2.24) is 0 Å². The number of nitrogens with zero attached hydrogens (tertiary/aromatic N) is 1. The fourth-order valence-corrected chi connectivity index (χ4v) is 5.94. The number of benzene rings is 2. The van der Waals surface area contributed by atoms with Gasteiger partial charge in [0.05, 0.1) is 17.8 Å². The molecule has 3 fully saturated rings. The Balaban J connectivity index is 1.28. The van der Waals surface area contributed by atoms with Gasteiger partial charge in [0.15, 0.2) is 0 Å². The van der Waals surface area contributed by atoms with Crippen molar-refractivity contribution in [3.8, 4) is 0 Å². The van der Waals surface area contributed by atoms with Crippen molar-refractivity contribution in [3.63, 3.8) is 0 Å². The Hall–Kier alpha value is -1.87. The maximum absolute atomic E-state index is 14.7. The molecule has 2 aromatic rings. The van der Waals surface area contributed by atoms with Gasteiger partial charge in [0.1, 0.15) is 12.4 Å². The second kappa shape index (κ2) is 7.51. The maximum Gasteiger partial charge on any atom is 0.146 e. The van der Waals surface area contributed by atoms with Crippen LogP contribution in [-0.4, -0.2) is 25.2 Å². The Morgan fingerprint density at radius 3 is 2.29 bits per heavy atom. The van der Waals surface area contributed by atoms with Crippen LogP contribution < -0.4 is 9.80 Å². The minimum absolute atomic E-state index is 0.0271. The van der Waals surface area contributed by atoms with Crippen molar-refractivity contribution in [2.45, 2.75) is 70.0 Å². The molecule has 2 nitrogen and oxygen atoms in total. The van der Waals surface area contributed by atoms with E-state index >= 15 is 0 Å². The van der Waals surface area contributed by atoms with Gasteiger partial charge in [-0.1, -0.05) is 35.9 Å². The third-order valence-electron chi connectivity index (χ3n) is 7.47. The molecular formula is C25H32FN2+. The summed E-state index contributed by atoms with van der Waals surface area (Å²) in [4.78, 5) is 3.90. The predicted octanol–water partition coefficient (Wildman–Crippen LogP) is 4.23. The van der Waals surface area contributed by atoms with Gasteiger partial charge in [-0.3, -0.25) is 0 Å². The number of fused-ring (bicyclic) bond motifs is 2. The summed E-state index contributed by atoms with van der Waals surface area (Å²) in [6, 6.07) is 16.6. The summed E-state index contributed by atoms with van der Waals surface area (Å²) >= 11 is 0. The van der Waals surface area contributed by atoms with Crippen LogP contribution in [0.1, 0.15) is 61.1 Å². The molecular weight excluding hydrogens is 347 g/mol. The molecule has 0 aromatic heterocycles. The van der Waals surface area contributed by atoms with Crippen LogP contribution in [0, 0.1) is 12.7 Å². The average Bonchev–Trinajstić information content (AvgIpc) is 3.29. The summed E-state index contributed by atoms with van der Waals surface area (Å²) in [6.45, 7) is 5.14. The van der Waals surface area contributed by atoms with Crippen molar-refractivity contribution >= 4 is 5.69 Å². The van der Waals surface area contributed by atoms with E-state index in [1.165, 1.54) is 55.2 Å². The van der Waals surface area contributed by atoms with Crippen LogP contribution in [-0.2, 0) is 6.54 Å². The molecule has 3 heteroatoms. The third-order valence-corrected chi connectivity index (χ3v) is 7.47. The van der Waals surface area contributed by atoms with Gasteiger partial charge in [0.2, 0.25) is 0 Å². The SMILES string of the molecule is Cc1ccc(C2C[C@H]3CC[C@@H](C2)[NH+]3Cc2ccc(N3CCCC3)c(F)c2)cc1. The molecule has 28 heavy (non-hydrogen) atoms. The molecule has 3 aliphatic rings. The lowest BCUT2D eigenvalue weighted by Crippen LogP contribution is -3.16. The van der Waals surface area contributed by atoms with E-state index in [1.807, 2.05) is 12.1 Å². The Morgan fingerprint density at radius 1 is 0.964 bits per heavy atom. The fourth-order valence-electron chi connectivity index (χ4n) is 5.94. The lowest BCUT2D eigenvalue weighted by molar-refractivity contribution is -0.954. The first-order valence-electron chi connectivity index (χ1n) is 11.1. The normalized spacial score (nSPS) is 29.4. The van der Waals surface area contributed by atoms with Gasteiger partial charge in [-0.2, -0.15) is 0 Å². The molecule has 0 spiro atoms. The molecule has 1 N–H and O–H groups in total. The summed E-state index contributed by atoms with van der Waals surface area (Å²) in [5.41, 5.74) is 4.83. The summed E-state index contributed by atoms with van der Waals surface area (Å²) in [6.07, 6.45) is 7.59. The lowest BCUT2D eigenvalue weighted by Gasteiger charge is -2.36. The van der Waals surface area contributed by atoms with Gasteiger partial charge < -0.3 is 9.80 Å². The van der Waals surface area contributed by atoms with E-state index in [9.17, 15) is 4.39 Å². The van der Waals surface area contributed by atoms with Crippen molar-refractivity contribution in [2.75, 3.05) is 18.0 Å². The number of quaternary nitrogens is 1. The number of aryl methyl sites for hydroxylation is 1. The molecule has 4 atom stereocenters. The smallest absolute Gasteiger partial charge is 0.146 e. The standard InChI is InChI=1S/C25H31FN2/c1-18-4-7-20(8-5-18)21-15-22-9-10-23(16-21)28(22)17-19-6-11-25(24(26)14-19)27-12-2-3-13-27/h4-8,11,14,21-23H,2-3,9-10,12-13,15-17H2,1H3/p+1/t21?,22-,23+. The van der Waals surface area contributed by atoms with Crippen LogP contribution in [0.4, 0.5) is 10.1 Å². The molecule has 5 rings (SSSR count). The highest BCUT2D eigenvalue weighted by Gasteiger charge is 2.44. The molecule has 148 valence electrons. The molecule has 0 saturated carbocycles. The van der Waals surface area contributed by atoms with E-state index in [4.69, 9.17) is 0 Å². The number of nitrogens with one attached hydrogen (secondary N) is 1. The summed E-state index contributed by atoms with van der Waals surface area (Å²) < 4.78 is 14.7. The van der Waals surface area contributed by atoms with E-state index < -0.39 is 0 Å². The van der Waals surface area contributed by atoms with E-state index in [-0.39, 0.29) is 5.82 Å². The van der Waals surface area contributed by atoms with Crippen LogP contribution in [0.25, 0.3) is 0 Å². The van der Waals surface area contributed by atoms with Crippen LogP contribution in [0.5, 0.6) is 0 Å². The Kier molecular flexibility index (Phi) is 4.88. The Labute approximate surface area is 168 Å². The molecule has 0 radical (unpaired) electrons. The maximum atomic E-state index is 14.7. The molecule has 3 aliphatic heterocycles. The first-order valence-corrected chi connectivity index (χ1v) is 11.1. The monoisotopic (exact) mass is 379 g/mol. The highest BCUT2D eigenvalue weighted by Crippen LogP contribution is 2.35. The third kappa shape index (κ3) is 3.45. The molecule has 2 unspecified atom stereocenters. The quantitative estimate of drug-likeness (QED) is 0.835. The summed E-state index contributed by atoms with van der Waals surface area (Å²) in [7, 11) is 0. The zero-order chi connectivity index (χ0) is 19.1. The number of piperidine rings is 1.